The topological polar surface area (TPSA) is 67.3 Å². The van der Waals surface area contributed by atoms with Crippen molar-refractivity contribution in [2.45, 2.75) is 19.8 Å². The molecule has 1 unspecified atom stereocenters. The second-order valence-corrected chi connectivity index (χ2v) is 6.65. The van der Waals surface area contributed by atoms with Gasteiger partial charge in [-0.2, -0.15) is 0 Å². The van der Waals surface area contributed by atoms with Crippen LogP contribution in [0.1, 0.15) is 30.3 Å². The van der Waals surface area contributed by atoms with Crippen LogP contribution in [0.2, 0.25) is 5.02 Å². The lowest BCUT2D eigenvalue weighted by molar-refractivity contribution is 0.102. The molecule has 1 saturated heterocycles. The molecule has 6 nitrogen and oxygen atoms in total. The van der Waals surface area contributed by atoms with E-state index in [1.165, 1.54) is 6.42 Å². The average Bonchev–Trinajstić information content (AvgIpc) is 2.62. The number of carbonyl (C=O) groups is 1. The Morgan fingerprint density at radius 2 is 2.24 bits per heavy atom. The molecule has 1 fully saturated rings. The standard InChI is InChI=1S/C18H21ClN4O2/c1-12-4-3-9-23(11-12)18-20-8-7-15(22-18)17(24)21-13-5-6-16(25-2)14(19)10-13/h5-8,10,12H,3-4,9,11H2,1-2H3,(H,21,24). The Morgan fingerprint density at radius 1 is 1.40 bits per heavy atom. The van der Waals surface area contributed by atoms with Gasteiger partial charge < -0.3 is 15.0 Å². The first kappa shape index (κ1) is 17.5. The van der Waals surface area contributed by atoms with Crippen LogP contribution in [0.3, 0.4) is 0 Å². The molecule has 0 radical (unpaired) electrons. The number of halogens is 1. The molecule has 1 atom stereocenters. The number of amides is 1. The number of nitrogens with zero attached hydrogens (tertiary/aromatic N) is 3. The van der Waals surface area contributed by atoms with Crippen LogP contribution < -0.4 is 15.0 Å². The largest absolute Gasteiger partial charge is 0.495 e. The Bertz CT molecular complexity index is 768. The summed E-state index contributed by atoms with van der Waals surface area (Å²) in [4.78, 5) is 23.4. The lowest BCUT2D eigenvalue weighted by Gasteiger charge is -2.30. The van der Waals surface area contributed by atoms with Gasteiger partial charge in [0.05, 0.1) is 12.1 Å². The molecule has 0 saturated carbocycles. The first-order valence-corrected chi connectivity index (χ1v) is 8.67. The third-order valence-corrected chi connectivity index (χ3v) is 4.52. The molecule has 0 aliphatic carbocycles. The zero-order valence-electron chi connectivity index (χ0n) is 14.3. The number of anilines is 2. The molecule has 1 aliphatic rings. The van der Waals surface area contributed by atoms with Gasteiger partial charge in [0.15, 0.2) is 0 Å². The summed E-state index contributed by atoms with van der Waals surface area (Å²) < 4.78 is 5.11. The average molecular weight is 361 g/mol. The van der Waals surface area contributed by atoms with E-state index in [9.17, 15) is 4.79 Å². The summed E-state index contributed by atoms with van der Waals surface area (Å²) in [5.74, 6) is 1.47. The zero-order valence-corrected chi connectivity index (χ0v) is 15.1. The van der Waals surface area contributed by atoms with Gasteiger partial charge in [-0.25, -0.2) is 9.97 Å². The van der Waals surface area contributed by atoms with Gasteiger partial charge in [-0.05, 0) is 43.0 Å². The molecule has 25 heavy (non-hydrogen) atoms. The Balaban J connectivity index is 1.74. The molecular formula is C18H21ClN4O2. The number of hydrogen-bond donors (Lipinski definition) is 1. The Kier molecular flexibility index (Phi) is 5.38. The van der Waals surface area contributed by atoms with Crippen molar-refractivity contribution in [1.29, 1.82) is 0 Å². The molecule has 2 heterocycles. The predicted molar refractivity (Wildman–Crippen MR) is 98.6 cm³/mol. The molecule has 1 aromatic heterocycles. The zero-order chi connectivity index (χ0) is 17.8. The highest BCUT2D eigenvalue weighted by Crippen LogP contribution is 2.27. The number of aromatic nitrogens is 2. The van der Waals surface area contributed by atoms with Gasteiger partial charge in [-0.1, -0.05) is 18.5 Å². The quantitative estimate of drug-likeness (QED) is 0.901. The maximum atomic E-state index is 12.5. The lowest BCUT2D eigenvalue weighted by atomic mass is 10.0. The number of methoxy groups -OCH3 is 1. The van der Waals surface area contributed by atoms with Gasteiger partial charge in [-0.3, -0.25) is 4.79 Å². The van der Waals surface area contributed by atoms with Crippen molar-refractivity contribution in [3.8, 4) is 5.75 Å². The second kappa shape index (κ2) is 7.70. The van der Waals surface area contributed by atoms with Gasteiger partial charge in [0.25, 0.3) is 5.91 Å². The molecule has 2 aromatic rings. The summed E-state index contributed by atoms with van der Waals surface area (Å²) in [6.07, 6.45) is 3.96. The molecule has 1 N–H and O–H groups in total. The number of benzene rings is 1. The SMILES string of the molecule is COc1ccc(NC(=O)c2ccnc(N3CCCC(C)C3)n2)cc1Cl. The van der Waals surface area contributed by atoms with Crippen molar-refractivity contribution in [2.24, 2.45) is 5.92 Å². The molecule has 1 amide bonds. The van der Waals surface area contributed by atoms with Crippen LogP contribution in [-0.2, 0) is 0 Å². The van der Waals surface area contributed by atoms with E-state index in [2.05, 4.69) is 27.1 Å². The maximum Gasteiger partial charge on any atom is 0.274 e. The Hall–Kier alpha value is -2.34. The minimum Gasteiger partial charge on any atom is -0.495 e. The van der Waals surface area contributed by atoms with Crippen molar-refractivity contribution in [3.05, 3.63) is 41.2 Å². The summed E-state index contributed by atoms with van der Waals surface area (Å²) in [5.41, 5.74) is 0.915. The number of piperidine rings is 1. The summed E-state index contributed by atoms with van der Waals surface area (Å²) >= 11 is 6.09. The highest BCUT2D eigenvalue weighted by atomic mass is 35.5. The second-order valence-electron chi connectivity index (χ2n) is 6.24. The van der Waals surface area contributed by atoms with Crippen LogP contribution in [0.5, 0.6) is 5.75 Å². The molecule has 3 rings (SSSR count). The number of rotatable bonds is 4. The van der Waals surface area contributed by atoms with Gasteiger partial charge in [0.1, 0.15) is 11.4 Å². The number of carbonyl (C=O) groups excluding carboxylic acids is 1. The van der Waals surface area contributed by atoms with E-state index in [1.807, 2.05) is 0 Å². The Morgan fingerprint density at radius 3 is 2.96 bits per heavy atom. The van der Waals surface area contributed by atoms with Crippen LogP contribution in [0.25, 0.3) is 0 Å². The number of nitrogens with one attached hydrogen (secondary N) is 1. The van der Waals surface area contributed by atoms with E-state index >= 15 is 0 Å². The fraction of sp³-hybridized carbons (Fsp3) is 0.389. The first-order chi connectivity index (χ1) is 12.1. The van der Waals surface area contributed by atoms with Crippen LogP contribution >= 0.6 is 11.6 Å². The van der Waals surface area contributed by atoms with Crippen molar-refractivity contribution >= 4 is 29.1 Å². The lowest BCUT2D eigenvalue weighted by Crippen LogP contribution is -2.35. The van der Waals surface area contributed by atoms with E-state index in [1.54, 1.807) is 37.6 Å². The van der Waals surface area contributed by atoms with Crippen LogP contribution in [0, 0.1) is 5.92 Å². The highest BCUT2D eigenvalue weighted by molar-refractivity contribution is 6.32. The van der Waals surface area contributed by atoms with Gasteiger partial charge in [-0.15, -0.1) is 0 Å². The molecule has 0 spiro atoms. The van der Waals surface area contributed by atoms with Gasteiger partial charge in [0.2, 0.25) is 5.95 Å². The Labute approximate surface area is 152 Å². The molecule has 1 aromatic carbocycles. The highest BCUT2D eigenvalue weighted by Gasteiger charge is 2.20. The van der Waals surface area contributed by atoms with E-state index in [-0.39, 0.29) is 5.91 Å². The minimum atomic E-state index is -0.296. The molecule has 0 bridgehead atoms. The smallest absolute Gasteiger partial charge is 0.274 e. The summed E-state index contributed by atoms with van der Waals surface area (Å²) in [7, 11) is 1.54. The van der Waals surface area contributed by atoms with Gasteiger partial charge in [0, 0.05) is 25.0 Å². The fourth-order valence-corrected chi connectivity index (χ4v) is 3.20. The summed E-state index contributed by atoms with van der Waals surface area (Å²) in [6, 6.07) is 6.69. The van der Waals surface area contributed by atoms with Crippen LogP contribution in [0.4, 0.5) is 11.6 Å². The summed E-state index contributed by atoms with van der Waals surface area (Å²) in [6.45, 7) is 4.05. The predicted octanol–water partition coefficient (Wildman–Crippen LogP) is 3.63. The van der Waals surface area contributed by atoms with E-state index in [4.69, 9.17) is 16.3 Å². The summed E-state index contributed by atoms with van der Waals surface area (Å²) in [5, 5.41) is 3.24. The van der Waals surface area contributed by atoms with Crippen molar-refractivity contribution in [1.82, 2.24) is 9.97 Å². The third-order valence-electron chi connectivity index (χ3n) is 4.23. The van der Waals surface area contributed by atoms with Crippen molar-refractivity contribution < 1.29 is 9.53 Å². The molecular weight excluding hydrogens is 340 g/mol. The third kappa shape index (κ3) is 4.20. The molecule has 1 aliphatic heterocycles. The first-order valence-electron chi connectivity index (χ1n) is 8.29. The fourth-order valence-electron chi connectivity index (χ4n) is 2.94. The van der Waals surface area contributed by atoms with Crippen molar-refractivity contribution in [2.75, 3.05) is 30.4 Å². The molecule has 132 valence electrons. The monoisotopic (exact) mass is 360 g/mol. The van der Waals surface area contributed by atoms with Crippen LogP contribution in [0.15, 0.2) is 30.5 Å². The minimum absolute atomic E-state index is 0.296. The molecule has 7 heteroatoms. The maximum absolute atomic E-state index is 12.5. The normalized spacial score (nSPS) is 17.2. The van der Waals surface area contributed by atoms with E-state index in [0.717, 1.165) is 19.5 Å². The van der Waals surface area contributed by atoms with E-state index < -0.39 is 0 Å². The van der Waals surface area contributed by atoms with Gasteiger partial charge >= 0.3 is 0 Å². The van der Waals surface area contributed by atoms with E-state index in [0.29, 0.717) is 34.0 Å². The number of ether oxygens (including phenoxy) is 1. The van der Waals surface area contributed by atoms with Crippen molar-refractivity contribution in [3.63, 3.8) is 0 Å². The van der Waals surface area contributed by atoms with Crippen LogP contribution in [-0.4, -0.2) is 36.1 Å². The number of hydrogen-bond acceptors (Lipinski definition) is 5.